The first kappa shape index (κ1) is 30.6. The lowest BCUT2D eigenvalue weighted by atomic mass is 10.1. The van der Waals surface area contributed by atoms with E-state index in [0.29, 0.717) is 25.1 Å². The van der Waals surface area contributed by atoms with Crippen LogP contribution in [0.3, 0.4) is 0 Å². The predicted molar refractivity (Wildman–Crippen MR) is 123 cm³/mol. The van der Waals surface area contributed by atoms with E-state index in [1.54, 1.807) is 6.26 Å². The molecule has 0 saturated heterocycles. The van der Waals surface area contributed by atoms with E-state index >= 15 is 0 Å². The summed E-state index contributed by atoms with van der Waals surface area (Å²) in [4.78, 5) is 59.7. The molecular formula is C19H36N6O7S. The van der Waals surface area contributed by atoms with Crippen LogP contribution in [0.2, 0.25) is 0 Å². The molecule has 0 aliphatic heterocycles. The molecule has 33 heavy (non-hydrogen) atoms. The highest BCUT2D eigenvalue weighted by molar-refractivity contribution is 7.98. The molecule has 14 heteroatoms. The number of rotatable bonds is 18. The van der Waals surface area contributed by atoms with E-state index in [2.05, 4.69) is 16.0 Å². The molecule has 0 fully saturated rings. The molecule has 0 aromatic heterocycles. The van der Waals surface area contributed by atoms with Gasteiger partial charge >= 0.3 is 5.97 Å². The van der Waals surface area contributed by atoms with E-state index in [1.165, 1.54) is 11.8 Å². The van der Waals surface area contributed by atoms with Crippen molar-refractivity contribution in [3.63, 3.8) is 0 Å². The lowest BCUT2D eigenvalue weighted by molar-refractivity contribution is -0.142. The Morgan fingerprint density at radius 3 is 1.97 bits per heavy atom. The summed E-state index contributed by atoms with van der Waals surface area (Å²) in [5.41, 5.74) is 16.3. The van der Waals surface area contributed by atoms with Crippen LogP contribution in [0.25, 0.3) is 0 Å². The fourth-order valence-electron chi connectivity index (χ4n) is 2.70. The molecule has 11 N–H and O–H groups in total. The number of hydrogen-bond acceptors (Lipinski definition) is 9. The highest BCUT2D eigenvalue weighted by Crippen LogP contribution is 2.05. The van der Waals surface area contributed by atoms with Crippen molar-refractivity contribution in [3.8, 4) is 0 Å². The molecule has 0 radical (unpaired) electrons. The summed E-state index contributed by atoms with van der Waals surface area (Å²) in [6.45, 7) is -0.414. The first-order valence-corrected chi connectivity index (χ1v) is 11.9. The van der Waals surface area contributed by atoms with Crippen molar-refractivity contribution in [2.24, 2.45) is 17.2 Å². The number of carboxylic acids is 1. The van der Waals surface area contributed by atoms with Gasteiger partial charge in [-0.05, 0) is 50.7 Å². The molecule has 0 aliphatic carbocycles. The van der Waals surface area contributed by atoms with Gasteiger partial charge in [0.2, 0.25) is 23.6 Å². The third-order valence-corrected chi connectivity index (χ3v) is 5.30. The molecule has 0 aromatic rings. The van der Waals surface area contributed by atoms with E-state index < -0.39 is 60.4 Å². The van der Waals surface area contributed by atoms with Crippen molar-refractivity contribution in [3.05, 3.63) is 0 Å². The maximum absolute atomic E-state index is 12.7. The molecule has 0 saturated carbocycles. The van der Waals surface area contributed by atoms with E-state index in [1.807, 2.05) is 0 Å². The van der Waals surface area contributed by atoms with Gasteiger partial charge in [-0.25, -0.2) is 4.79 Å². The van der Waals surface area contributed by atoms with Gasteiger partial charge in [0.1, 0.15) is 18.1 Å². The Kier molecular flexibility index (Phi) is 15.9. The molecule has 0 rings (SSSR count). The molecule has 0 aliphatic rings. The fourth-order valence-corrected chi connectivity index (χ4v) is 3.17. The van der Waals surface area contributed by atoms with E-state index in [-0.39, 0.29) is 25.7 Å². The summed E-state index contributed by atoms with van der Waals surface area (Å²) in [7, 11) is 0. The molecule has 4 amide bonds. The minimum Gasteiger partial charge on any atom is -0.480 e. The van der Waals surface area contributed by atoms with Crippen molar-refractivity contribution < 1.29 is 34.2 Å². The number of aliphatic carboxylic acids is 1. The second-order valence-electron chi connectivity index (χ2n) is 7.38. The van der Waals surface area contributed by atoms with Crippen LogP contribution >= 0.6 is 11.8 Å². The van der Waals surface area contributed by atoms with Gasteiger partial charge in [0.25, 0.3) is 0 Å². The van der Waals surface area contributed by atoms with E-state index in [4.69, 9.17) is 17.2 Å². The van der Waals surface area contributed by atoms with Crippen LogP contribution < -0.4 is 33.2 Å². The topological polar surface area (TPSA) is 240 Å². The Bertz CT molecular complexity index is 667. The second-order valence-corrected chi connectivity index (χ2v) is 8.37. The predicted octanol–water partition coefficient (Wildman–Crippen LogP) is -3.01. The Labute approximate surface area is 196 Å². The minimum absolute atomic E-state index is 0.00734. The maximum Gasteiger partial charge on any atom is 0.326 e. The number of carbonyl (C=O) groups excluding carboxylic acids is 4. The highest BCUT2D eigenvalue weighted by atomic mass is 32.2. The summed E-state index contributed by atoms with van der Waals surface area (Å²) in [5, 5.41) is 25.9. The molecule has 4 unspecified atom stereocenters. The molecule has 190 valence electrons. The summed E-state index contributed by atoms with van der Waals surface area (Å²) in [6, 6.07) is -4.77. The molecule has 0 spiro atoms. The molecular weight excluding hydrogens is 456 g/mol. The lowest BCUT2D eigenvalue weighted by Gasteiger charge is -2.24. The Balaban J connectivity index is 5.19. The zero-order chi connectivity index (χ0) is 25.4. The number of nitrogens with two attached hydrogens (primary N) is 3. The molecule has 0 heterocycles. The zero-order valence-corrected chi connectivity index (χ0v) is 19.6. The molecule has 0 bridgehead atoms. The highest BCUT2D eigenvalue weighted by Gasteiger charge is 2.29. The summed E-state index contributed by atoms with van der Waals surface area (Å²) in [5.74, 6) is -3.69. The van der Waals surface area contributed by atoms with Gasteiger partial charge < -0.3 is 43.4 Å². The first-order valence-electron chi connectivity index (χ1n) is 10.5. The summed E-state index contributed by atoms with van der Waals surface area (Å²) < 4.78 is 0. The minimum atomic E-state index is -1.42. The summed E-state index contributed by atoms with van der Waals surface area (Å²) >= 11 is 1.41. The van der Waals surface area contributed by atoms with Crippen LogP contribution in [0.15, 0.2) is 0 Å². The van der Waals surface area contributed by atoms with Crippen LogP contribution in [0.4, 0.5) is 0 Å². The van der Waals surface area contributed by atoms with Crippen LogP contribution in [-0.4, -0.2) is 89.1 Å². The van der Waals surface area contributed by atoms with Gasteiger partial charge in [-0.2, -0.15) is 11.8 Å². The number of amides is 4. The number of aliphatic hydroxyl groups is 1. The zero-order valence-electron chi connectivity index (χ0n) is 18.7. The van der Waals surface area contributed by atoms with Gasteiger partial charge in [-0.15, -0.1) is 0 Å². The quantitative estimate of drug-likeness (QED) is 0.0901. The fraction of sp³-hybridized carbons (Fsp3) is 0.737. The Morgan fingerprint density at radius 1 is 0.879 bits per heavy atom. The number of thioether (sulfide) groups is 1. The van der Waals surface area contributed by atoms with E-state index in [9.17, 15) is 34.2 Å². The van der Waals surface area contributed by atoms with Crippen molar-refractivity contribution in [1.29, 1.82) is 0 Å². The number of unbranched alkanes of at least 4 members (excludes halogenated alkanes) is 1. The van der Waals surface area contributed by atoms with Gasteiger partial charge in [0, 0.05) is 6.42 Å². The van der Waals surface area contributed by atoms with Crippen LogP contribution in [-0.2, 0) is 24.0 Å². The number of primary amides is 1. The van der Waals surface area contributed by atoms with Crippen molar-refractivity contribution in [2.75, 3.05) is 25.2 Å². The number of aliphatic hydroxyl groups excluding tert-OH is 1. The monoisotopic (exact) mass is 492 g/mol. The van der Waals surface area contributed by atoms with Crippen LogP contribution in [0, 0.1) is 0 Å². The average molecular weight is 493 g/mol. The summed E-state index contributed by atoms with van der Waals surface area (Å²) in [6.07, 6.45) is 3.08. The van der Waals surface area contributed by atoms with Gasteiger partial charge in [0.15, 0.2) is 0 Å². The smallest absolute Gasteiger partial charge is 0.326 e. The van der Waals surface area contributed by atoms with Crippen LogP contribution in [0.5, 0.6) is 0 Å². The third kappa shape index (κ3) is 13.0. The standard InChI is InChI=1S/C19H36N6O7S/c1-33-9-7-13(19(31)32)24-18(30)14(10-26)25-17(29)12(4-2-3-8-20)23-16(28)11(21)5-6-15(22)27/h11-14,26H,2-10,20-21H2,1H3,(H2,22,27)(H,23,28)(H,24,30)(H,25,29)(H,31,32). The van der Waals surface area contributed by atoms with Crippen molar-refractivity contribution in [2.45, 2.75) is 62.7 Å². The Morgan fingerprint density at radius 2 is 1.45 bits per heavy atom. The van der Waals surface area contributed by atoms with Crippen molar-refractivity contribution in [1.82, 2.24) is 16.0 Å². The van der Waals surface area contributed by atoms with E-state index in [0.717, 1.165) is 0 Å². The Hall–Kier alpha value is -2.42. The lowest BCUT2D eigenvalue weighted by Crippen LogP contribution is -2.58. The largest absolute Gasteiger partial charge is 0.480 e. The molecule has 13 nitrogen and oxygen atoms in total. The maximum atomic E-state index is 12.7. The third-order valence-electron chi connectivity index (χ3n) is 4.66. The second kappa shape index (κ2) is 17.1. The average Bonchev–Trinajstić information content (AvgIpc) is 2.77. The van der Waals surface area contributed by atoms with Gasteiger partial charge in [0.05, 0.1) is 12.6 Å². The first-order chi connectivity index (χ1) is 15.6. The van der Waals surface area contributed by atoms with Crippen molar-refractivity contribution >= 4 is 41.4 Å². The number of carbonyl (C=O) groups is 5. The van der Waals surface area contributed by atoms with Gasteiger partial charge in [-0.1, -0.05) is 0 Å². The van der Waals surface area contributed by atoms with Gasteiger partial charge in [-0.3, -0.25) is 19.2 Å². The number of hydrogen-bond donors (Lipinski definition) is 8. The number of nitrogens with one attached hydrogen (secondary N) is 3. The normalized spacial score (nSPS) is 14.4. The molecule has 4 atom stereocenters. The SMILES string of the molecule is CSCCC(NC(=O)C(CO)NC(=O)C(CCCCN)NC(=O)C(N)CCC(N)=O)C(=O)O. The number of carboxylic acid groups (broad SMARTS) is 1. The van der Waals surface area contributed by atoms with Crippen LogP contribution in [0.1, 0.15) is 38.5 Å². The molecule has 0 aromatic carbocycles.